The van der Waals surface area contributed by atoms with E-state index in [1.807, 2.05) is 13.0 Å². The van der Waals surface area contributed by atoms with Crippen molar-refractivity contribution in [3.63, 3.8) is 0 Å². The van der Waals surface area contributed by atoms with Gasteiger partial charge in [0.2, 0.25) is 5.82 Å². The van der Waals surface area contributed by atoms with Crippen molar-refractivity contribution in [1.29, 1.82) is 0 Å². The van der Waals surface area contributed by atoms with Crippen molar-refractivity contribution >= 4 is 0 Å². The topological polar surface area (TPSA) is 68.4 Å². The molecule has 0 bridgehead atoms. The third-order valence-electron chi connectivity index (χ3n) is 4.08. The summed E-state index contributed by atoms with van der Waals surface area (Å²) in [5.41, 5.74) is 1.20. The summed E-state index contributed by atoms with van der Waals surface area (Å²) in [6, 6.07) is 5.24. The fraction of sp³-hybridized carbons (Fsp3) is 0.467. The first kappa shape index (κ1) is 13.1. The zero-order valence-electron chi connectivity index (χ0n) is 11.7. The van der Waals surface area contributed by atoms with E-state index in [-0.39, 0.29) is 5.75 Å². The minimum Gasteiger partial charge on any atom is -0.508 e. The standard InChI is InChI=1S/C15H18N2O3/c1-10-9-11(5-6-12(10)18)13-16-14(17-20-13)15(19-2)7-3-4-8-15/h5-6,9,18H,3-4,7-8H2,1-2H3. The molecule has 1 fully saturated rings. The van der Waals surface area contributed by atoms with Crippen LogP contribution in [0.2, 0.25) is 0 Å². The van der Waals surface area contributed by atoms with Crippen molar-refractivity contribution in [2.45, 2.75) is 38.2 Å². The molecule has 1 heterocycles. The molecule has 0 amide bonds. The molecule has 1 saturated carbocycles. The van der Waals surface area contributed by atoms with Crippen LogP contribution in [0.3, 0.4) is 0 Å². The average molecular weight is 274 g/mol. The summed E-state index contributed by atoms with van der Waals surface area (Å²) in [6.45, 7) is 1.84. The fourth-order valence-corrected chi connectivity index (χ4v) is 2.78. The molecular formula is C15H18N2O3. The number of phenolic OH excluding ortho intramolecular Hbond substituents is 1. The molecule has 5 heteroatoms. The Morgan fingerprint density at radius 1 is 1.30 bits per heavy atom. The van der Waals surface area contributed by atoms with Gasteiger partial charge in [0.25, 0.3) is 5.89 Å². The number of methoxy groups -OCH3 is 1. The molecule has 1 aromatic carbocycles. The number of hydrogen-bond acceptors (Lipinski definition) is 5. The lowest BCUT2D eigenvalue weighted by Gasteiger charge is -2.22. The number of aromatic nitrogens is 2. The Kier molecular flexibility index (Phi) is 3.22. The lowest BCUT2D eigenvalue weighted by molar-refractivity contribution is -0.0178. The predicted molar refractivity (Wildman–Crippen MR) is 73.3 cm³/mol. The van der Waals surface area contributed by atoms with E-state index in [1.165, 1.54) is 0 Å². The Morgan fingerprint density at radius 3 is 2.70 bits per heavy atom. The molecule has 1 aliphatic rings. The van der Waals surface area contributed by atoms with Crippen molar-refractivity contribution in [2.24, 2.45) is 0 Å². The van der Waals surface area contributed by atoms with Gasteiger partial charge in [-0.15, -0.1) is 0 Å². The molecule has 0 spiro atoms. The molecular weight excluding hydrogens is 256 g/mol. The maximum absolute atomic E-state index is 9.56. The molecule has 1 N–H and O–H groups in total. The quantitative estimate of drug-likeness (QED) is 0.931. The van der Waals surface area contributed by atoms with Crippen LogP contribution >= 0.6 is 0 Å². The summed E-state index contributed by atoms with van der Waals surface area (Å²) in [6.07, 6.45) is 4.10. The first-order chi connectivity index (χ1) is 9.64. The second kappa shape index (κ2) is 4.90. The number of benzene rings is 1. The van der Waals surface area contributed by atoms with E-state index < -0.39 is 5.60 Å². The summed E-state index contributed by atoms with van der Waals surface area (Å²) < 4.78 is 11.0. The molecule has 1 aromatic heterocycles. The van der Waals surface area contributed by atoms with E-state index in [9.17, 15) is 5.11 Å². The monoisotopic (exact) mass is 274 g/mol. The highest BCUT2D eigenvalue weighted by Gasteiger charge is 2.40. The molecule has 0 radical (unpaired) electrons. The minimum absolute atomic E-state index is 0.262. The fourth-order valence-electron chi connectivity index (χ4n) is 2.78. The lowest BCUT2D eigenvalue weighted by Crippen LogP contribution is -2.25. The maximum Gasteiger partial charge on any atom is 0.258 e. The van der Waals surface area contributed by atoms with Crippen molar-refractivity contribution in [3.05, 3.63) is 29.6 Å². The third-order valence-corrected chi connectivity index (χ3v) is 4.08. The van der Waals surface area contributed by atoms with Gasteiger partial charge in [-0.25, -0.2) is 0 Å². The summed E-state index contributed by atoms with van der Waals surface area (Å²) in [5, 5.41) is 13.7. The van der Waals surface area contributed by atoms with E-state index in [2.05, 4.69) is 10.1 Å². The Bertz CT molecular complexity index is 615. The summed E-state index contributed by atoms with van der Waals surface area (Å²) in [5.74, 6) is 1.35. The van der Waals surface area contributed by atoms with Gasteiger partial charge in [-0.05, 0) is 56.4 Å². The molecule has 3 rings (SSSR count). The first-order valence-electron chi connectivity index (χ1n) is 6.84. The van der Waals surface area contributed by atoms with E-state index in [4.69, 9.17) is 9.26 Å². The zero-order chi connectivity index (χ0) is 14.2. The second-order valence-corrected chi connectivity index (χ2v) is 5.33. The van der Waals surface area contributed by atoms with Gasteiger partial charge in [-0.1, -0.05) is 5.16 Å². The second-order valence-electron chi connectivity index (χ2n) is 5.33. The molecule has 0 unspecified atom stereocenters. The Balaban J connectivity index is 1.95. The van der Waals surface area contributed by atoms with Gasteiger partial charge in [0.05, 0.1) is 0 Å². The smallest absolute Gasteiger partial charge is 0.258 e. The molecule has 0 saturated heterocycles. The van der Waals surface area contributed by atoms with Gasteiger partial charge >= 0.3 is 0 Å². The number of phenols is 1. The number of hydrogen-bond donors (Lipinski definition) is 1. The van der Waals surface area contributed by atoms with Crippen LogP contribution in [0.4, 0.5) is 0 Å². The Morgan fingerprint density at radius 2 is 2.05 bits per heavy atom. The van der Waals surface area contributed by atoms with Crippen molar-refractivity contribution in [2.75, 3.05) is 7.11 Å². The number of aryl methyl sites for hydroxylation is 1. The predicted octanol–water partition coefficient (Wildman–Crippen LogP) is 3.17. The van der Waals surface area contributed by atoms with E-state index in [0.717, 1.165) is 36.8 Å². The maximum atomic E-state index is 9.56. The van der Waals surface area contributed by atoms with Gasteiger partial charge in [0.15, 0.2) is 0 Å². The number of ether oxygens (including phenoxy) is 1. The van der Waals surface area contributed by atoms with Gasteiger partial charge in [-0.2, -0.15) is 4.98 Å². The van der Waals surface area contributed by atoms with Crippen LogP contribution in [-0.4, -0.2) is 22.4 Å². The molecule has 0 atom stereocenters. The average Bonchev–Trinajstić information content (AvgIpc) is 3.10. The van der Waals surface area contributed by atoms with Crippen LogP contribution in [0.15, 0.2) is 22.7 Å². The van der Waals surface area contributed by atoms with E-state index in [0.29, 0.717) is 11.7 Å². The summed E-state index contributed by atoms with van der Waals surface area (Å²) in [7, 11) is 1.70. The van der Waals surface area contributed by atoms with Gasteiger partial charge < -0.3 is 14.4 Å². The van der Waals surface area contributed by atoms with Gasteiger partial charge in [0.1, 0.15) is 11.4 Å². The van der Waals surface area contributed by atoms with Crippen LogP contribution in [-0.2, 0) is 10.3 Å². The van der Waals surface area contributed by atoms with Crippen molar-refractivity contribution < 1.29 is 14.4 Å². The van der Waals surface area contributed by atoms with Crippen molar-refractivity contribution in [3.8, 4) is 17.2 Å². The molecule has 2 aromatic rings. The molecule has 20 heavy (non-hydrogen) atoms. The van der Waals surface area contributed by atoms with Crippen molar-refractivity contribution in [1.82, 2.24) is 10.1 Å². The molecule has 106 valence electrons. The van der Waals surface area contributed by atoms with Crippen LogP contribution in [0.5, 0.6) is 5.75 Å². The summed E-state index contributed by atoms with van der Waals surface area (Å²) in [4.78, 5) is 4.49. The normalized spacial score (nSPS) is 17.5. The molecule has 0 aliphatic heterocycles. The van der Waals surface area contributed by atoms with Crippen LogP contribution in [0.1, 0.15) is 37.1 Å². The Hall–Kier alpha value is -1.88. The lowest BCUT2D eigenvalue weighted by atomic mass is 10.0. The SMILES string of the molecule is COC1(c2noc(-c3ccc(O)c(C)c3)n2)CCCC1. The highest BCUT2D eigenvalue weighted by atomic mass is 16.5. The van der Waals surface area contributed by atoms with Crippen LogP contribution < -0.4 is 0 Å². The highest BCUT2D eigenvalue weighted by molar-refractivity contribution is 5.56. The van der Waals surface area contributed by atoms with Crippen LogP contribution in [0, 0.1) is 6.92 Å². The van der Waals surface area contributed by atoms with Gasteiger partial charge in [-0.3, -0.25) is 0 Å². The largest absolute Gasteiger partial charge is 0.508 e. The first-order valence-corrected chi connectivity index (χ1v) is 6.84. The van der Waals surface area contributed by atoms with Gasteiger partial charge in [0, 0.05) is 12.7 Å². The number of aromatic hydroxyl groups is 1. The zero-order valence-corrected chi connectivity index (χ0v) is 11.7. The number of rotatable bonds is 3. The van der Waals surface area contributed by atoms with E-state index >= 15 is 0 Å². The highest BCUT2D eigenvalue weighted by Crippen LogP contribution is 2.40. The minimum atomic E-state index is -0.395. The molecule has 5 nitrogen and oxygen atoms in total. The van der Waals surface area contributed by atoms with Crippen LogP contribution in [0.25, 0.3) is 11.5 Å². The summed E-state index contributed by atoms with van der Waals surface area (Å²) >= 11 is 0. The number of nitrogens with zero attached hydrogens (tertiary/aromatic N) is 2. The Labute approximate surface area is 117 Å². The molecule has 1 aliphatic carbocycles. The van der Waals surface area contributed by atoms with E-state index in [1.54, 1.807) is 19.2 Å². The third kappa shape index (κ3) is 2.08.